The monoisotopic (exact) mass is 250 g/mol. The highest BCUT2D eigenvalue weighted by Gasteiger charge is 2.24. The molecule has 18 heavy (non-hydrogen) atoms. The van der Waals surface area contributed by atoms with E-state index < -0.39 is 6.04 Å². The highest BCUT2D eigenvalue weighted by Crippen LogP contribution is 2.10. The Hall–Kier alpha value is -1.98. The summed E-state index contributed by atoms with van der Waals surface area (Å²) in [6, 6.07) is 1.03. The molecule has 1 fully saturated rings. The molecule has 1 aliphatic rings. The number of carbonyl (C=O) groups excluding carboxylic acids is 2. The summed E-state index contributed by atoms with van der Waals surface area (Å²) in [4.78, 5) is 28.4. The molecule has 2 amide bonds. The number of nitrogen functional groups attached to an aromatic ring is 1. The Morgan fingerprint density at radius 3 is 2.67 bits per heavy atom. The lowest BCUT2D eigenvalue weighted by Crippen LogP contribution is -2.46. The van der Waals surface area contributed by atoms with Gasteiger partial charge in [-0.05, 0) is 25.8 Å². The van der Waals surface area contributed by atoms with Crippen molar-refractivity contribution in [3.8, 4) is 0 Å². The Balaban J connectivity index is 1.92. The van der Waals surface area contributed by atoms with Crippen LogP contribution in [0.2, 0.25) is 0 Å². The van der Waals surface area contributed by atoms with Gasteiger partial charge in [-0.1, -0.05) is 0 Å². The standard InChI is InChI=1S/C12H18N4O2/c1-8(12(18)16-4-2-3-5-16)15-11(17)10-6-9(13)7-14-10/h6-8,14H,2-5,13H2,1H3,(H,15,17). The van der Waals surface area contributed by atoms with Gasteiger partial charge >= 0.3 is 0 Å². The van der Waals surface area contributed by atoms with Crippen LogP contribution in [0.15, 0.2) is 12.3 Å². The first kappa shape index (κ1) is 12.5. The number of rotatable bonds is 3. The topological polar surface area (TPSA) is 91.2 Å². The third-order valence-corrected chi connectivity index (χ3v) is 3.09. The Labute approximate surface area is 106 Å². The maximum absolute atomic E-state index is 12.0. The fourth-order valence-electron chi connectivity index (χ4n) is 2.09. The van der Waals surface area contributed by atoms with Crippen LogP contribution in [0.25, 0.3) is 0 Å². The smallest absolute Gasteiger partial charge is 0.268 e. The molecule has 0 spiro atoms. The third-order valence-electron chi connectivity index (χ3n) is 3.09. The van der Waals surface area contributed by atoms with E-state index in [9.17, 15) is 9.59 Å². The highest BCUT2D eigenvalue weighted by atomic mass is 16.2. The molecule has 1 aromatic heterocycles. The van der Waals surface area contributed by atoms with E-state index in [-0.39, 0.29) is 11.8 Å². The lowest BCUT2D eigenvalue weighted by atomic mass is 10.2. The Morgan fingerprint density at radius 2 is 2.11 bits per heavy atom. The quantitative estimate of drug-likeness (QED) is 0.722. The van der Waals surface area contributed by atoms with Gasteiger partial charge in [-0.2, -0.15) is 0 Å². The number of anilines is 1. The second-order valence-electron chi connectivity index (χ2n) is 4.57. The van der Waals surface area contributed by atoms with Gasteiger partial charge in [0.15, 0.2) is 0 Å². The molecular weight excluding hydrogens is 232 g/mol. The predicted molar refractivity (Wildman–Crippen MR) is 67.9 cm³/mol. The molecule has 2 rings (SSSR count). The van der Waals surface area contributed by atoms with E-state index >= 15 is 0 Å². The number of aromatic amines is 1. The van der Waals surface area contributed by atoms with Crippen molar-refractivity contribution in [3.05, 3.63) is 18.0 Å². The van der Waals surface area contributed by atoms with Crippen molar-refractivity contribution in [2.24, 2.45) is 0 Å². The van der Waals surface area contributed by atoms with Gasteiger partial charge < -0.3 is 20.9 Å². The maximum Gasteiger partial charge on any atom is 0.268 e. The number of carbonyl (C=O) groups is 2. The van der Waals surface area contributed by atoms with E-state index in [2.05, 4.69) is 10.3 Å². The summed E-state index contributed by atoms with van der Waals surface area (Å²) in [6.07, 6.45) is 3.63. The van der Waals surface area contributed by atoms with Gasteiger partial charge in [0.2, 0.25) is 5.91 Å². The first-order valence-corrected chi connectivity index (χ1v) is 6.11. The van der Waals surface area contributed by atoms with Gasteiger partial charge in [0.1, 0.15) is 11.7 Å². The van der Waals surface area contributed by atoms with Crippen LogP contribution in [0.4, 0.5) is 5.69 Å². The summed E-state index contributed by atoms with van der Waals surface area (Å²) >= 11 is 0. The molecule has 0 aliphatic carbocycles. The molecular formula is C12H18N4O2. The molecule has 4 N–H and O–H groups in total. The lowest BCUT2D eigenvalue weighted by molar-refractivity contribution is -0.131. The van der Waals surface area contributed by atoms with Crippen molar-refractivity contribution in [1.82, 2.24) is 15.2 Å². The van der Waals surface area contributed by atoms with Crippen molar-refractivity contribution in [1.29, 1.82) is 0 Å². The third kappa shape index (κ3) is 2.64. The number of amides is 2. The largest absolute Gasteiger partial charge is 0.397 e. The molecule has 0 aromatic carbocycles. The van der Waals surface area contributed by atoms with E-state index in [4.69, 9.17) is 5.73 Å². The predicted octanol–water partition coefficient (Wildman–Crippen LogP) is 0.338. The number of aromatic nitrogens is 1. The second-order valence-corrected chi connectivity index (χ2v) is 4.57. The van der Waals surface area contributed by atoms with E-state index in [0.717, 1.165) is 25.9 Å². The molecule has 6 heteroatoms. The Bertz CT molecular complexity index is 449. The van der Waals surface area contributed by atoms with E-state index in [0.29, 0.717) is 11.4 Å². The Morgan fingerprint density at radius 1 is 1.44 bits per heavy atom. The van der Waals surface area contributed by atoms with Crippen LogP contribution in [-0.2, 0) is 4.79 Å². The van der Waals surface area contributed by atoms with Crippen molar-refractivity contribution >= 4 is 17.5 Å². The highest BCUT2D eigenvalue weighted by molar-refractivity contribution is 5.96. The summed E-state index contributed by atoms with van der Waals surface area (Å²) in [7, 11) is 0. The fourth-order valence-corrected chi connectivity index (χ4v) is 2.09. The number of nitrogens with two attached hydrogens (primary N) is 1. The van der Waals surface area contributed by atoms with Crippen molar-refractivity contribution in [3.63, 3.8) is 0 Å². The number of hydrogen-bond acceptors (Lipinski definition) is 3. The number of likely N-dealkylation sites (tertiary alicyclic amines) is 1. The van der Waals surface area contributed by atoms with Gasteiger partial charge in [0.05, 0.1) is 0 Å². The van der Waals surface area contributed by atoms with Crippen LogP contribution < -0.4 is 11.1 Å². The normalized spacial score (nSPS) is 16.6. The first-order chi connectivity index (χ1) is 8.58. The summed E-state index contributed by atoms with van der Waals surface area (Å²) in [6.45, 7) is 3.27. The SMILES string of the molecule is CC(NC(=O)c1cc(N)c[nH]1)C(=O)N1CCCC1. The van der Waals surface area contributed by atoms with Crippen molar-refractivity contribution < 1.29 is 9.59 Å². The first-order valence-electron chi connectivity index (χ1n) is 6.11. The summed E-state index contributed by atoms with van der Waals surface area (Å²) < 4.78 is 0. The summed E-state index contributed by atoms with van der Waals surface area (Å²) in [5, 5.41) is 2.67. The zero-order valence-electron chi connectivity index (χ0n) is 10.4. The maximum atomic E-state index is 12.0. The van der Waals surface area contributed by atoms with Crippen molar-refractivity contribution in [2.45, 2.75) is 25.8 Å². The van der Waals surface area contributed by atoms with E-state index in [1.54, 1.807) is 24.1 Å². The average Bonchev–Trinajstić information content (AvgIpc) is 2.98. The minimum Gasteiger partial charge on any atom is -0.397 e. The Kier molecular flexibility index (Phi) is 3.55. The molecule has 1 aromatic rings. The van der Waals surface area contributed by atoms with Gasteiger partial charge in [-0.3, -0.25) is 9.59 Å². The van der Waals surface area contributed by atoms with Crippen LogP contribution >= 0.6 is 0 Å². The number of hydrogen-bond donors (Lipinski definition) is 3. The van der Waals surface area contributed by atoms with Crippen LogP contribution in [0.3, 0.4) is 0 Å². The molecule has 0 radical (unpaired) electrons. The molecule has 0 bridgehead atoms. The average molecular weight is 250 g/mol. The van der Waals surface area contributed by atoms with Gasteiger partial charge in [-0.15, -0.1) is 0 Å². The minimum absolute atomic E-state index is 0.0274. The molecule has 2 heterocycles. The number of nitrogens with one attached hydrogen (secondary N) is 2. The lowest BCUT2D eigenvalue weighted by Gasteiger charge is -2.20. The molecule has 1 unspecified atom stereocenters. The zero-order valence-corrected chi connectivity index (χ0v) is 10.4. The van der Waals surface area contributed by atoms with Crippen LogP contribution in [-0.4, -0.2) is 40.8 Å². The van der Waals surface area contributed by atoms with Gasteiger partial charge in [0, 0.05) is 25.0 Å². The number of nitrogens with zero attached hydrogens (tertiary/aromatic N) is 1. The fraction of sp³-hybridized carbons (Fsp3) is 0.500. The molecule has 0 saturated carbocycles. The molecule has 6 nitrogen and oxygen atoms in total. The van der Waals surface area contributed by atoms with Crippen LogP contribution in [0, 0.1) is 0 Å². The van der Waals surface area contributed by atoms with Gasteiger partial charge in [0.25, 0.3) is 5.91 Å². The number of H-pyrrole nitrogens is 1. The molecule has 1 saturated heterocycles. The zero-order chi connectivity index (χ0) is 13.1. The summed E-state index contributed by atoms with van der Waals surface area (Å²) in [5.74, 6) is -0.341. The van der Waals surface area contributed by atoms with E-state index in [1.807, 2.05) is 0 Å². The molecule has 1 atom stereocenters. The minimum atomic E-state index is -0.514. The summed E-state index contributed by atoms with van der Waals surface area (Å²) in [5.41, 5.74) is 6.39. The van der Waals surface area contributed by atoms with Gasteiger partial charge in [-0.25, -0.2) is 0 Å². The molecule has 98 valence electrons. The van der Waals surface area contributed by atoms with Crippen molar-refractivity contribution in [2.75, 3.05) is 18.8 Å². The second kappa shape index (κ2) is 5.12. The molecule has 1 aliphatic heterocycles. The van der Waals surface area contributed by atoms with Crippen LogP contribution in [0.1, 0.15) is 30.3 Å². The van der Waals surface area contributed by atoms with Crippen LogP contribution in [0.5, 0.6) is 0 Å². The van der Waals surface area contributed by atoms with E-state index in [1.165, 1.54) is 0 Å².